The molecule has 1 aromatic rings. The third kappa shape index (κ3) is 2.73. The highest BCUT2D eigenvalue weighted by atomic mass is 15.2. The number of hydrogen-bond acceptors (Lipinski definition) is 3. The van der Waals surface area contributed by atoms with Crippen molar-refractivity contribution < 1.29 is 0 Å². The van der Waals surface area contributed by atoms with E-state index in [4.69, 9.17) is 0 Å². The van der Waals surface area contributed by atoms with Crippen LogP contribution in [0.2, 0.25) is 0 Å². The quantitative estimate of drug-likeness (QED) is 0.875. The first-order valence-electron chi connectivity index (χ1n) is 7.12. The lowest BCUT2D eigenvalue weighted by atomic mass is 9.93. The molecule has 0 aromatic carbocycles. The first-order valence-corrected chi connectivity index (χ1v) is 7.12. The van der Waals surface area contributed by atoms with Crippen molar-refractivity contribution in [3.8, 4) is 0 Å². The van der Waals surface area contributed by atoms with Crippen LogP contribution in [0.25, 0.3) is 0 Å². The van der Waals surface area contributed by atoms with E-state index in [1.807, 2.05) is 12.4 Å². The monoisotopic (exact) mass is 245 g/mol. The lowest BCUT2D eigenvalue weighted by molar-refractivity contribution is 0.128. The van der Waals surface area contributed by atoms with Gasteiger partial charge in [-0.05, 0) is 49.8 Å². The topological polar surface area (TPSA) is 28.2 Å². The van der Waals surface area contributed by atoms with E-state index in [0.29, 0.717) is 5.54 Å². The lowest BCUT2D eigenvalue weighted by Crippen LogP contribution is -2.60. The van der Waals surface area contributed by atoms with E-state index in [1.54, 1.807) is 0 Å². The Bertz CT molecular complexity index is 388. The summed E-state index contributed by atoms with van der Waals surface area (Å²) in [7, 11) is 0. The second kappa shape index (κ2) is 4.98. The standard InChI is InChI=1S/C15H23N3/c1-15(14-2-3-14)12-18(11-9-17-15)10-6-13-4-7-16-8-5-13/h4-5,7-8,14,17H,2-3,6,9-12H2,1H3. The van der Waals surface area contributed by atoms with Crippen molar-refractivity contribution in [1.82, 2.24) is 15.2 Å². The van der Waals surface area contributed by atoms with E-state index in [1.165, 1.54) is 38.0 Å². The highest BCUT2D eigenvalue weighted by molar-refractivity contribution is 5.10. The van der Waals surface area contributed by atoms with Crippen molar-refractivity contribution in [1.29, 1.82) is 0 Å². The molecule has 3 heteroatoms. The van der Waals surface area contributed by atoms with Gasteiger partial charge in [0.05, 0.1) is 0 Å². The van der Waals surface area contributed by atoms with E-state index in [9.17, 15) is 0 Å². The van der Waals surface area contributed by atoms with Crippen LogP contribution < -0.4 is 5.32 Å². The second-order valence-electron chi connectivity index (χ2n) is 6.00. The Labute approximate surface area is 110 Å². The summed E-state index contributed by atoms with van der Waals surface area (Å²) in [5, 5.41) is 3.73. The zero-order chi connectivity index (χ0) is 12.4. The van der Waals surface area contributed by atoms with Crippen LogP contribution in [0.4, 0.5) is 0 Å². The summed E-state index contributed by atoms with van der Waals surface area (Å²) in [4.78, 5) is 6.69. The minimum absolute atomic E-state index is 0.372. The SMILES string of the molecule is CC1(C2CC2)CN(CCc2ccncc2)CCN1. The molecular formula is C15H23N3. The molecule has 1 aliphatic heterocycles. The number of nitrogens with one attached hydrogen (secondary N) is 1. The molecule has 0 spiro atoms. The minimum atomic E-state index is 0.372. The van der Waals surface area contributed by atoms with Gasteiger partial charge in [0.1, 0.15) is 0 Å². The van der Waals surface area contributed by atoms with Gasteiger partial charge in [-0.15, -0.1) is 0 Å². The van der Waals surface area contributed by atoms with Crippen molar-refractivity contribution in [2.75, 3.05) is 26.2 Å². The number of rotatable bonds is 4. The smallest absolute Gasteiger partial charge is 0.0309 e. The van der Waals surface area contributed by atoms with Crippen molar-refractivity contribution in [3.63, 3.8) is 0 Å². The van der Waals surface area contributed by atoms with Crippen LogP contribution in [0.5, 0.6) is 0 Å². The van der Waals surface area contributed by atoms with Gasteiger partial charge < -0.3 is 5.32 Å². The largest absolute Gasteiger partial charge is 0.309 e. The molecule has 1 saturated carbocycles. The van der Waals surface area contributed by atoms with Crippen LogP contribution in [0.3, 0.4) is 0 Å². The zero-order valence-electron chi connectivity index (χ0n) is 11.2. The Morgan fingerprint density at radius 3 is 2.89 bits per heavy atom. The fourth-order valence-electron chi connectivity index (χ4n) is 3.12. The predicted molar refractivity (Wildman–Crippen MR) is 73.5 cm³/mol. The van der Waals surface area contributed by atoms with Crippen LogP contribution in [-0.4, -0.2) is 41.6 Å². The van der Waals surface area contributed by atoms with Crippen molar-refractivity contribution in [3.05, 3.63) is 30.1 Å². The van der Waals surface area contributed by atoms with Crippen LogP contribution >= 0.6 is 0 Å². The Balaban J connectivity index is 1.53. The highest BCUT2D eigenvalue weighted by Crippen LogP contribution is 2.40. The molecule has 0 radical (unpaired) electrons. The fourth-order valence-corrected chi connectivity index (χ4v) is 3.12. The summed E-state index contributed by atoms with van der Waals surface area (Å²) in [5.41, 5.74) is 1.77. The number of nitrogens with zero attached hydrogens (tertiary/aromatic N) is 2. The average Bonchev–Trinajstić information content (AvgIpc) is 3.22. The molecule has 1 N–H and O–H groups in total. The fraction of sp³-hybridized carbons (Fsp3) is 0.667. The van der Waals surface area contributed by atoms with Crippen molar-refractivity contribution in [2.45, 2.75) is 31.7 Å². The number of hydrogen-bond donors (Lipinski definition) is 1. The summed E-state index contributed by atoms with van der Waals surface area (Å²) in [6.07, 6.45) is 7.76. The van der Waals surface area contributed by atoms with Crippen molar-refractivity contribution >= 4 is 0 Å². The van der Waals surface area contributed by atoms with Crippen molar-refractivity contribution in [2.24, 2.45) is 5.92 Å². The average molecular weight is 245 g/mol. The third-order valence-corrected chi connectivity index (χ3v) is 4.45. The van der Waals surface area contributed by atoms with Gasteiger partial charge in [-0.3, -0.25) is 9.88 Å². The van der Waals surface area contributed by atoms with Gasteiger partial charge in [-0.2, -0.15) is 0 Å². The third-order valence-electron chi connectivity index (χ3n) is 4.45. The van der Waals surface area contributed by atoms with Gasteiger partial charge in [0.2, 0.25) is 0 Å². The summed E-state index contributed by atoms with van der Waals surface area (Å²) in [5.74, 6) is 0.918. The maximum Gasteiger partial charge on any atom is 0.0309 e. The molecule has 1 aliphatic carbocycles. The first kappa shape index (κ1) is 12.1. The molecule has 98 valence electrons. The van der Waals surface area contributed by atoms with Gasteiger partial charge in [0.15, 0.2) is 0 Å². The van der Waals surface area contributed by atoms with Gasteiger partial charge in [0, 0.05) is 44.1 Å². The summed E-state index contributed by atoms with van der Waals surface area (Å²) in [6.45, 7) is 7.12. The Morgan fingerprint density at radius 2 is 2.17 bits per heavy atom. The molecule has 2 aliphatic rings. The summed E-state index contributed by atoms with van der Waals surface area (Å²) < 4.78 is 0. The predicted octanol–water partition coefficient (Wildman–Crippen LogP) is 1.70. The first-order chi connectivity index (χ1) is 8.76. The van der Waals surface area contributed by atoms with Gasteiger partial charge in [0.25, 0.3) is 0 Å². The van der Waals surface area contributed by atoms with E-state index in [2.05, 4.69) is 34.3 Å². The highest BCUT2D eigenvalue weighted by Gasteiger charge is 2.43. The molecule has 1 saturated heterocycles. The minimum Gasteiger partial charge on any atom is -0.309 e. The van der Waals surface area contributed by atoms with E-state index < -0.39 is 0 Å². The molecular weight excluding hydrogens is 222 g/mol. The van der Waals surface area contributed by atoms with E-state index in [0.717, 1.165) is 18.9 Å². The van der Waals surface area contributed by atoms with Gasteiger partial charge in [-0.1, -0.05) is 0 Å². The molecule has 1 aromatic heterocycles. The van der Waals surface area contributed by atoms with Crippen LogP contribution in [0.1, 0.15) is 25.3 Å². The molecule has 2 fully saturated rings. The molecule has 1 atom stereocenters. The van der Waals surface area contributed by atoms with Gasteiger partial charge >= 0.3 is 0 Å². The normalized spacial score (nSPS) is 29.4. The summed E-state index contributed by atoms with van der Waals surface area (Å²) in [6, 6.07) is 4.25. The Hall–Kier alpha value is -0.930. The molecule has 0 amide bonds. The maximum absolute atomic E-state index is 4.07. The van der Waals surface area contributed by atoms with Gasteiger partial charge in [-0.25, -0.2) is 0 Å². The Kier molecular flexibility index (Phi) is 3.35. The van der Waals surface area contributed by atoms with Crippen LogP contribution in [-0.2, 0) is 6.42 Å². The molecule has 3 nitrogen and oxygen atoms in total. The molecule has 1 unspecified atom stereocenters. The van der Waals surface area contributed by atoms with E-state index in [-0.39, 0.29) is 0 Å². The number of pyridine rings is 1. The maximum atomic E-state index is 4.07. The van der Waals surface area contributed by atoms with Crippen LogP contribution in [0, 0.1) is 5.92 Å². The molecule has 2 heterocycles. The lowest BCUT2D eigenvalue weighted by Gasteiger charge is -2.42. The summed E-state index contributed by atoms with van der Waals surface area (Å²) >= 11 is 0. The van der Waals surface area contributed by atoms with Crippen LogP contribution in [0.15, 0.2) is 24.5 Å². The molecule has 18 heavy (non-hydrogen) atoms. The van der Waals surface area contributed by atoms with E-state index >= 15 is 0 Å². The number of piperazine rings is 1. The Morgan fingerprint density at radius 1 is 1.39 bits per heavy atom. The number of aromatic nitrogens is 1. The molecule has 0 bridgehead atoms. The molecule has 3 rings (SSSR count). The zero-order valence-corrected chi connectivity index (χ0v) is 11.2. The second-order valence-corrected chi connectivity index (χ2v) is 6.00.